The topological polar surface area (TPSA) is 49.4 Å². The molecule has 5 heteroatoms. The van der Waals surface area contributed by atoms with Crippen molar-refractivity contribution in [2.24, 2.45) is 20.5 Å². The third kappa shape index (κ3) is 4.16. The zero-order valence-electron chi connectivity index (χ0n) is 13.1. The molecule has 0 aliphatic heterocycles. The van der Waals surface area contributed by atoms with Crippen LogP contribution in [0.3, 0.4) is 0 Å². The first-order valence-corrected chi connectivity index (χ1v) is 7.45. The first-order chi connectivity index (χ1) is 11.7. The van der Waals surface area contributed by atoms with E-state index in [-0.39, 0.29) is 11.5 Å². The fraction of sp³-hybridized carbons (Fsp3) is 0.0526. The fourth-order valence-electron chi connectivity index (χ4n) is 2.00. The largest absolute Gasteiger partial charge is 0.205 e. The van der Waals surface area contributed by atoms with Crippen molar-refractivity contribution < 1.29 is 4.39 Å². The minimum atomic E-state index is -0.382. The second kappa shape index (κ2) is 7.37. The maximum Gasteiger partial charge on any atom is 0.150 e. The number of aryl methyl sites for hydroxylation is 1. The van der Waals surface area contributed by atoms with Crippen LogP contribution >= 0.6 is 0 Å². The van der Waals surface area contributed by atoms with Crippen LogP contribution < -0.4 is 0 Å². The van der Waals surface area contributed by atoms with Gasteiger partial charge in [-0.25, -0.2) is 4.39 Å². The predicted molar refractivity (Wildman–Crippen MR) is 92.4 cm³/mol. The number of benzene rings is 3. The average molecular weight is 318 g/mol. The molecule has 0 N–H and O–H groups in total. The van der Waals surface area contributed by atoms with Gasteiger partial charge in [-0.15, -0.1) is 5.11 Å². The Bertz CT molecular complexity index is 872. The summed E-state index contributed by atoms with van der Waals surface area (Å²) in [6.07, 6.45) is 0. The SMILES string of the molecule is Cc1ccc(N=Nc2ccc(N=Nc3ccccc3)cc2)c(F)c1. The van der Waals surface area contributed by atoms with Gasteiger partial charge in [0.05, 0.1) is 17.1 Å². The van der Waals surface area contributed by atoms with Crippen molar-refractivity contribution in [3.8, 4) is 0 Å². The van der Waals surface area contributed by atoms with E-state index in [0.717, 1.165) is 11.3 Å². The Kier molecular flexibility index (Phi) is 4.81. The predicted octanol–water partition coefficient (Wildman–Crippen LogP) is 6.96. The molecule has 3 aromatic carbocycles. The van der Waals surface area contributed by atoms with Crippen LogP contribution in [0.4, 0.5) is 27.1 Å². The zero-order valence-corrected chi connectivity index (χ0v) is 13.1. The number of nitrogens with zero attached hydrogens (tertiary/aromatic N) is 4. The van der Waals surface area contributed by atoms with Gasteiger partial charge in [0.25, 0.3) is 0 Å². The summed E-state index contributed by atoms with van der Waals surface area (Å²) in [5.41, 5.74) is 3.18. The minimum Gasteiger partial charge on any atom is -0.205 e. The third-order valence-corrected chi connectivity index (χ3v) is 3.26. The highest BCUT2D eigenvalue weighted by Crippen LogP contribution is 2.24. The molecule has 118 valence electrons. The van der Waals surface area contributed by atoms with Gasteiger partial charge in [0, 0.05) is 0 Å². The minimum absolute atomic E-state index is 0.216. The van der Waals surface area contributed by atoms with Crippen molar-refractivity contribution in [2.75, 3.05) is 0 Å². The molecular weight excluding hydrogens is 303 g/mol. The van der Waals surface area contributed by atoms with E-state index in [9.17, 15) is 4.39 Å². The fourth-order valence-corrected chi connectivity index (χ4v) is 2.00. The Morgan fingerprint density at radius 2 is 1.17 bits per heavy atom. The summed E-state index contributed by atoms with van der Waals surface area (Å²) in [4.78, 5) is 0. The van der Waals surface area contributed by atoms with E-state index in [4.69, 9.17) is 0 Å². The van der Waals surface area contributed by atoms with Crippen molar-refractivity contribution in [3.05, 3.63) is 84.2 Å². The van der Waals surface area contributed by atoms with E-state index in [1.165, 1.54) is 6.07 Å². The zero-order chi connectivity index (χ0) is 16.8. The van der Waals surface area contributed by atoms with E-state index in [1.54, 1.807) is 36.4 Å². The lowest BCUT2D eigenvalue weighted by molar-refractivity contribution is 0.627. The van der Waals surface area contributed by atoms with Crippen LogP contribution in [0.2, 0.25) is 0 Å². The Morgan fingerprint density at radius 1 is 0.625 bits per heavy atom. The number of halogens is 1. The van der Waals surface area contributed by atoms with Crippen LogP contribution in [0.5, 0.6) is 0 Å². The second-order valence-electron chi connectivity index (χ2n) is 5.21. The van der Waals surface area contributed by atoms with E-state index in [0.29, 0.717) is 11.4 Å². The first kappa shape index (κ1) is 15.7. The van der Waals surface area contributed by atoms with Crippen LogP contribution in [0, 0.1) is 12.7 Å². The lowest BCUT2D eigenvalue weighted by Crippen LogP contribution is -1.77. The number of hydrogen-bond acceptors (Lipinski definition) is 4. The molecule has 0 saturated heterocycles. The lowest BCUT2D eigenvalue weighted by atomic mass is 10.2. The summed E-state index contributed by atoms with van der Waals surface area (Å²) in [6.45, 7) is 1.83. The number of hydrogen-bond donors (Lipinski definition) is 0. The van der Waals surface area contributed by atoms with Gasteiger partial charge in [0.2, 0.25) is 0 Å². The van der Waals surface area contributed by atoms with Crippen molar-refractivity contribution in [1.82, 2.24) is 0 Å². The van der Waals surface area contributed by atoms with Gasteiger partial charge in [-0.2, -0.15) is 15.3 Å². The molecule has 0 bridgehead atoms. The molecule has 0 heterocycles. The third-order valence-electron chi connectivity index (χ3n) is 3.26. The van der Waals surface area contributed by atoms with Crippen molar-refractivity contribution >= 4 is 22.7 Å². The van der Waals surface area contributed by atoms with Gasteiger partial charge in [-0.1, -0.05) is 24.3 Å². The summed E-state index contributed by atoms with van der Waals surface area (Å²) >= 11 is 0. The van der Waals surface area contributed by atoms with Gasteiger partial charge in [-0.3, -0.25) is 0 Å². The summed E-state index contributed by atoms with van der Waals surface area (Å²) < 4.78 is 13.7. The van der Waals surface area contributed by atoms with Crippen molar-refractivity contribution in [2.45, 2.75) is 6.92 Å². The first-order valence-electron chi connectivity index (χ1n) is 7.45. The normalized spacial score (nSPS) is 11.4. The Morgan fingerprint density at radius 3 is 1.75 bits per heavy atom. The smallest absolute Gasteiger partial charge is 0.150 e. The summed E-state index contributed by atoms with van der Waals surface area (Å²) in [6, 6.07) is 21.4. The summed E-state index contributed by atoms with van der Waals surface area (Å²) in [5.74, 6) is -0.382. The molecule has 0 amide bonds. The Hall–Kier alpha value is -3.21. The van der Waals surface area contributed by atoms with E-state index in [2.05, 4.69) is 20.5 Å². The molecule has 0 unspecified atom stereocenters. The quantitative estimate of drug-likeness (QED) is 0.467. The van der Waals surface area contributed by atoms with Crippen LogP contribution in [-0.4, -0.2) is 0 Å². The molecule has 0 aliphatic rings. The highest BCUT2D eigenvalue weighted by atomic mass is 19.1. The summed E-state index contributed by atoms with van der Waals surface area (Å²) in [7, 11) is 0. The van der Waals surface area contributed by atoms with Crippen molar-refractivity contribution in [1.29, 1.82) is 0 Å². The molecule has 0 fully saturated rings. The molecular formula is C19H15FN4. The average Bonchev–Trinajstić information content (AvgIpc) is 2.61. The van der Waals surface area contributed by atoms with Gasteiger partial charge in [-0.05, 0) is 61.0 Å². The van der Waals surface area contributed by atoms with Crippen LogP contribution in [-0.2, 0) is 0 Å². The van der Waals surface area contributed by atoms with Gasteiger partial charge >= 0.3 is 0 Å². The van der Waals surface area contributed by atoms with Gasteiger partial charge < -0.3 is 0 Å². The maximum atomic E-state index is 13.7. The molecule has 0 atom stereocenters. The van der Waals surface area contributed by atoms with Gasteiger partial charge in [0.15, 0.2) is 5.82 Å². The highest BCUT2D eigenvalue weighted by molar-refractivity contribution is 5.48. The molecule has 0 aromatic heterocycles. The molecule has 4 nitrogen and oxygen atoms in total. The maximum absolute atomic E-state index is 13.7. The molecule has 24 heavy (non-hydrogen) atoms. The number of rotatable bonds is 4. The van der Waals surface area contributed by atoms with E-state index < -0.39 is 0 Å². The standard InChI is InChI=1S/C19H15FN4/c1-14-7-12-19(18(20)13-14)24-23-17-10-8-16(9-11-17)22-21-15-5-3-2-4-6-15/h2-13H,1H3. The van der Waals surface area contributed by atoms with Crippen LogP contribution in [0.1, 0.15) is 5.56 Å². The molecule has 0 saturated carbocycles. The second-order valence-corrected chi connectivity index (χ2v) is 5.21. The Labute approximate surface area is 139 Å². The van der Waals surface area contributed by atoms with E-state index in [1.807, 2.05) is 37.3 Å². The molecule has 3 rings (SSSR count). The molecule has 0 radical (unpaired) electrons. The molecule has 0 spiro atoms. The lowest BCUT2D eigenvalue weighted by Gasteiger charge is -1.98. The van der Waals surface area contributed by atoms with Gasteiger partial charge in [0.1, 0.15) is 5.69 Å². The number of azo groups is 2. The monoisotopic (exact) mass is 318 g/mol. The molecule has 0 aliphatic carbocycles. The van der Waals surface area contributed by atoms with E-state index >= 15 is 0 Å². The highest BCUT2D eigenvalue weighted by Gasteiger charge is 2.00. The summed E-state index contributed by atoms with van der Waals surface area (Å²) in [5, 5.41) is 16.3. The van der Waals surface area contributed by atoms with Crippen LogP contribution in [0.15, 0.2) is 93.3 Å². The van der Waals surface area contributed by atoms with Crippen molar-refractivity contribution in [3.63, 3.8) is 0 Å². The Balaban J connectivity index is 1.70. The van der Waals surface area contributed by atoms with Crippen LogP contribution in [0.25, 0.3) is 0 Å². The molecule has 3 aromatic rings.